The molecule has 35 heavy (non-hydrogen) atoms. The number of benzene rings is 2. The van der Waals surface area contributed by atoms with E-state index < -0.39 is 11.9 Å². The number of ether oxygens (including phenoxy) is 2. The Balaban J connectivity index is 1.56. The Kier molecular flexibility index (Phi) is 7.04. The monoisotopic (exact) mass is 482 g/mol. The molecule has 0 atom stereocenters. The van der Waals surface area contributed by atoms with Crippen LogP contribution in [-0.2, 0) is 16.1 Å². The van der Waals surface area contributed by atoms with E-state index in [1.807, 2.05) is 0 Å². The van der Waals surface area contributed by atoms with Gasteiger partial charge in [0.15, 0.2) is 5.95 Å². The largest absolute Gasteiger partial charge is 0.539 e. The summed E-state index contributed by atoms with van der Waals surface area (Å²) in [5, 5.41) is 25.7. The van der Waals surface area contributed by atoms with Crippen molar-refractivity contribution < 1.29 is 38.5 Å². The Bertz CT molecular complexity index is 1170. The fourth-order valence-electron chi connectivity index (χ4n) is 3.74. The van der Waals surface area contributed by atoms with Crippen molar-refractivity contribution in [2.75, 3.05) is 32.2 Å². The van der Waals surface area contributed by atoms with Gasteiger partial charge in [0.1, 0.15) is 24.6 Å². The second-order valence-electron chi connectivity index (χ2n) is 8.12. The van der Waals surface area contributed by atoms with Crippen molar-refractivity contribution >= 4 is 17.6 Å². The van der Waals surface area contributed by atoms with Crippen LogP contribution in [0.1, 0.15) is 18.5 Å². The average molecular weight is 482 g/mol. The van der Waals surface area contributed by atoms with Crippen LogP contribution in [0.2, 0.25) is 0 Å². The van der Waals surface area contributed by atoms with Gasteiger partial charge in [0.2, 0.25) is 11.6 Å². The van der Waals surface area contributed by atoms with Gasteiger partial charge in [0.25, 0.3) is 5.69 Å². The summed E-state index contributed by atoms with van der Waals surface area (Å²) in [7, 11) is 3.09. The zero-order chi connectivity index (χ0) is 24.9. The summed E-state index contributed by atoms with van der Waals surface area (Å²) in [5.41, 5.74) is 1.35. The maximum atomic E-state index is 13.4. The average Bonchev–Trinajstić information content (AvgIpc) is 3.64. The molecule has 1 saturated carbocycles. The molecule has 11 nitrogen and oxygen atoms in total. The highest BCUT2D eigenvalue weighted by molar-refractivity contribution is 5.84. The fraction of sp³-hybridized carbons (Fsp3) is 0.333. The minimum atomic E-state index is -1.06. The van der Waals surface area contributed by atoms with Crippen molar-refractivity contribution in [1.29, 1.82) is 0 Å². The Labute approximate surface area is 201 Å². The lowest BCUT2D eigenvalue weighted by Crippen LogP contribution is -2.46. The maximum Gasteiger partial charge on any atom is 0.323 e. The zero-order valence-corrected chi connectivity index (χ0v) is 19.4. The third-order valence-electron chi connectivity index (χ3n) is 5.73. The molecule has 0 unspecified atom stereocenters. The lowest BCUT2D eigenvalue weighted by Gasteiger charge is -2.27. The Morgan fingerprint density at radius 2 is 1.66 bits per heavy atom. The van der Waals surface area contributed by atoms with Crippen molar-refractivity contribution in [1.82, 2.24) is 10.2 Å². The molecule has 2 aromatic carbocycles. The zero-order valence-electron chi connectivity index (χ0n) is 19.4. The molecule has 4 rings (SSSR count). The number of nitrogens with zero attached hydrogens (tertiary/aromatic N) is 4. The van der Waals surface area contributed by atoms with E-state index in [4.69, 9.17) is 14.0 Å². The van der Waals surface area contributed by atoms with Crippen LogP contribution in [0.4, 0.5) is 5.69 Å². The summed E-state index contributed by atoms with van der Waals surface area (Å²) < 4.78 is 16.6. The standard InChI is InChI=1S/C24H26N4O7/c1-33-19-9-5-16(6-10-19)26(15-23(30)31)14-22(29)27(17-3-4-17)13-21-24(32)35-25-28(21)18-7-11-20(34-2)12-8-18/h5-12,17H,3-4,13-15H2,1-2H3,(H-,25,30,31,32). The first-order chi connectivity index (χ1) is 16.9. The van der Waals surface area contributed by atoms with Crippen LogP contribution >= 0.6 is 0 Å². The highest BCUT2D eigenvalue weighted by Crippen LogP contribution is 2.30. The van der Waals surface area contributed by atoms with Gasteiger partial charge in [-0.05, 0) is 53.9 Å². The Morgan fingerprint density at radius 3 is 2.20 bits per heavy atom. The van der Waals surface area contributed by atoms with Crippen LogP contribution in [0.15, 0.2) is 53.1 Å². The van der Waals surface area contributed by atoms with Crippen LogP contribution in [0.5, 0.6) is 17.4 Å². The number of hydrogen-bond donors (Lipinski definition) is 1. The number of carboxylic acids is 1. The van der Waals surface area contributed by atoms with Gasteiger partial charge in [-0.25, -0.2) is 0 Å². The fourth-order valence-corrected chi connectivity index (χ4v) is 3.74. The summed E-state index contributed by atoms with van der Waals surface area (Å²) in [6, 6.07) is 13.7. The van der Waals surface area contributed by atoms with E-state index in [0.717, 1.165) is 12.8 Å². The molecule has 1 N–H and O–H groups in total. The van der Waals surface area contributed by atoms with Gasteiger partial charge in [0.05, 0.1) is 26.0 Å². The SMILES string of the molecule is COc1ccc(N(CC(=O)O)CC(=O)N(Cc2c([O-])on[n+]2-c2ccc(OC)cc2)C2CC2)cc1. The Hall–Kier alpha value is -4.28. The van der Waals surface area contributed by atoms with E-state index in [1.165, 1.54) is 16.7 Å². The first-order valence-electron chi connectivity index (χ1n) is 11.0. The van der Waals surface area contributed by atoms with Gasteiger partial charge in [-0.3, -0.25) is 9.59 Å². The van der Waals surface area contributed by atoms with E-state index in [9.17, 15) is 19.8 Å². The summed E-state index contributed by atoms with van der Waals surface area (Å²) in [4.78, 5) is 27.9. The second kappa shape index (κ2) is 10.3. The number of anilines is 1. The molecule has 0 aliphatic heterocycles. The minimum Gasteiger partial charge on any atom is -0.539 e. The van der Waals surface area contributed by atoms with Crippen LogP contribution in [-0.4, -0.2) is 60.5 Å². The number of aromatic nitrogens is 2. The highest BCUT2D eigenvalue weighted by atomic mass is 16.6. The van der Waals surface area contributed by atoms with Gasteiger partial charge >= 0.3 is 5.97 Å². The number of aliphatic carboxylic acids is 1. The first kappa shape index (κ1) is 23.9. The van der Waals surface area contributed by atoms with Gasteiger partial charge in [0, 0.05) is 23.9 Å². The molecule has 0 bridgehead atoms. The van der Waals surface area contributed by atoms with E-state index in [-0.39, 0.29) is 37.3 Å². The molecule has 184 valence electrons. The molecule has 1 amide bonds. The van der Waals surface area contributed by atoms with Crippen molar-refractivity contribution in [3.8, 4) is 23.1 Å². The molecule has 3 aromatic rings. The highest BCUT2D eigenvalue weighted by Gasteiger charge is 2.36. The van der Waals surface area contributed by atoms with Crippen molar-refractivity contribution in [2.45, 2.75) is 25.4 Å². The molecule has 1 fully saturated rings. The van der Waals surface area contributed by atoms with Crippen LogP contribution in [0, 0.1) is 0 Å². The van der Waals surface area contributed by atoms with Crippen LogP contribution in [0.3, 0.4) is 0 Å². The van der Waals surface area contributed by atoms with Gasteiger partial charge in [-0.2, -0.15) is 0 Å². The predicted octanol–water partition coefficient (Wildman–Crippen LogP) is 1.12. The normalized spacial score (nSPS) is 12.7. The van der Waals surface area contributed by atoms with Crippen molar-refractivity contribution in [2.24, 2.45) is 0 Å². The lowest BCUT2D eigenvalue weighted by molar-refractivity contribution is -0.678. The molecular formula is C24H26N4O7. The van der Waals surface area contributed by atoms with E-state index in [2.05, 4.69) is 5.27 Å². The number of carboxylic acid groups (broad SMARTS) is 1. The minimum absolute atomic E-state index is 0.0125. The van der Waals surface area contributed by atoms with E-state index in [0.29, 0.717) is 22.9 Å². The summed E-state index contributed by atoms with van der Waals surface area (Å²) >= 11 is 0. The molecule has 0 spiro atoms. The molecule has 0 saturated heterocycles. The number of amides is 1. The van der Waals surface area contributed by atoms with Crippen molar-refractivity contribution in [3.05, 3.63) is 54.2 Å². The van der Waals surface area contributed by atoms with Crippen molar-refractivity contribution in [3.63, 3.8) is 0 Å². The summed E-state index contributed by atoms with van der Waals surface area (Å²) in [6.45, 7) is -0.541. The first-order valence-corrected chi connectivity index (χ1v) is 11.0. The molecule has 0 radical (unpaired) electrons. The van der Waals surface area contributed by atoms with E-state index >= 15 is 0 Å². The summed E-state index contributed by atoms with van der Waals surface area (Å²) in [6.07, 6.45) is 1.60. The molecular weight excluding hydrogens is 456 g/mol. The quantitative estimate of drug-likeness (QED) is 0.399. The van der Waals surface area contributed by atoms with Gasteiger partial charge in [-0.1, -0.05) is 0 Å². The third kappa shape index (κ3) is 5.62. The molecule has 1 heterocycles. The molecule has 1 aliphatic rings. The van der Waals surface area contributed by atoms with Crippen LogP contribution in [0.25, 0.3) is 5.69 Å². The predicted molar refractivity (Wildman–Crippen MR) is 120 cm³/mol. The van der Waals surface area contributed by atoms with E-state index in [1.54, 1.807) is 60.5 Å². The number of rotatable bonds is 11. The second-order valence-corrected chi connectivity index (χ2v) is 8.12. The number of carbonyl (C=O) groups excluding carboxylic acids is 1. The third-order valence-corrected chi connectivity index (χ3v) is 5.73. The van der Waals surface area contributed by atoms with Crippen LogP contribution < -0.4 is 24.2 Å². The van der Waals surface area contributed by atoms with Gasteiger partial charge < -0.3 is 34.0 Å². The maximum absolute atomic E-state index is 13.4. The summed E-state index contributed by atoms with van der Waals surface area (Å²) in [5.74, 6) is -0.741. The molecule has 1 aliphatic carbocycles. The van der Waals surface area contributed by atoms with Gasteiger partial charge in [-0.15, -0.1) is 0 Å². The molecule has 11 heteroatoms. The number of hydrogen-bond acceptors (Lipinski definition) is 8. The Morgan fingerprint density at radius 1 is 1.06 bits per heavy atom. The number of methoxy groups -OCH3 is 2. The molecule has 1 aromatic heterocycles. The number of carbonyl (C=O) groups is 2. The topological polar surface area (TPSA) is 132 Å². The lowest BCUT2D eigenvalue weighted by atomic mass is 10.2. The smallest absolute Gasteiger partial charge is 0.323 e.